The topological polar surface area (TPSA) is 97.6 Å². The minimum absolute atomic E-state index is 0.0376. The Labute approximate surface area is 178 Å². The van der Waals surface area contributed by atoms with Gasteiger partial charge in [-0.2, -0.15) is 4.39 Å². The van der Waals surface area contributed by atoms with E-state index in [4.69, 9.17) is 10.5 Å². The maximum absolute atomic E-state index is 14.4. The van der Waals surface area contributed by atoms with Crippen LogP contribution in [0.3, 0.4) is 0 Å². The summed E-state index contributed by atoms with van der Waals surface area (Å²) >= 11 is 0. The molecule has 1 aliphatic carbocycles. The van der Waals surface area contributed by atoms with Gasteiger partial charge in [-0.15, -0.1) is 0 Å². The van der Waals surface area contributed by atoms with Crippen LogP contribution in [0.2, 0.25) is 0 Å². The van der Waals surface area contributed by atoms with Crippen LogP contribution in [0, 0.1) is 17.0 Å². The molecule has 2 aliphatic rings. The van der Waals surface area contributed by atoms with Gasteiger partial charge in [-0.3, -0.25) is 14.6 Å². The number of aromatic nitrogens is 1. The van der Waals surface area contributed by atoms with Crippen molar-refractivity contribution in [2.45, 2.75) is 38.1 Å². The highest BCUT2D eigenvalue weighted by atomic mass is 19.2. The summed E-state index contributed by atoms with van der Waals surface area (Å²) in [6, 6.07) is 4.85. The van der Waals surface area contributed by atoms with E-state index in [1.165, 1.54) is 25.4 Å². The summed E-state index contributed by atoms with van der Waals surface area (Å²) in [6.45, 7) is 0.551. The molecule has 3 N–H and O–H groups in total. The number of nitrogens with zero attached hydrogens (tertiary/aromatic N) is 2. The fourth-order valence-electron chi connectivity index (χ4n) is 4.84. The molecule has 2 amide bonds. The number of amides is 2. The second-order valence-corrected chi connectivity index (χ2v) is 8.25. The van der Waals surface area contributed by atoms with Crippen molar-refractivity contribution in [1.82, 2.24) is 4.98 Å². The zero-order chi connectivity index (χ0) is 22.2. The van der Waals surface area contributed by atoms with E-state index in [0.717, 1.165) is 31.7 Å². The van der Waals surface area contributed by atoms with E-state index in [1.54, 1.807) is 11.0 Å². The minimum atomic E-state index is -1.08. The second kappa shape index (κ2) is 8.13. The molecular formula is C22H24F2N4O3. The number of carbonyl (C=O) groups is 2. The molecule has 2 aromatic rings. The van der Waals surface area contributed by atoms with Crippen LogP contribution in [0.15, 0.2) is 30.5 Å². The third kappa shape index (κ3) is 3.92. The molecule has 31 heavy (non-hydrogen) atoms. The lowest BCUT2D eigenvalue weighted by atomic mass is 9.84. The minimum Gasteiger partial charge on any atom is -0.491 e. The summed E-state index contributed by atoms with van der Waals surface area (Å²) in [6.07, 6.45) is 6.07. The number of nitrogens with one attached hydrogen (secondary N) is 1. The standard InChI is InChI=1S/C22H24F2N4O3/c1-31-19-16(5-4-14(23)18(19)24)28-12-22(7-2-3-8-22)11-17(28)21(30)27-13-6-9-26-15(10-13)20(25)29/h4-6,9-10,17H,2-3,7-8,11-12H2,1H3,(H2,25,29)(H,26,27,30)/t17-/m0/s1. The zero-order valence-corrected chi connectivity index (χ0v) is 17.2. The lowest BCUT2D eigenvalue weighted by Gasteiger charge is -2.28. The number of halogens is 2. The van der Waals surface area contributed by atoms with Gasteiger partial charge in [0.2, 0.25) is 11.7 Å². The van der Waals surface area contributed by atoms with Crippen LogP contribution in [0.1, 0.15) is 42.6 Å². The lowest BCUT2D eigenvalue weighted by molar-refractivity contribution is -0.117. The van der Waals surface area contributed by atoms with Crippen LogP contribution >= 0.6 is 0 Å². The fraction of sp³-hybridized carbons (Fsp3) is 0.409. The highest BCUT2D eigenvalue weighted by Gasteiger charge is 2.49. The van der Waals surface area contributed by atoms with Crippen molar-refractivity contribution in [2.75, 3.05) is 23.9 Å². The van der Waals surface area contributed by atoms with E-state index in [1.807, 2.05) is 0 Å². The van der Waals surface area contributed by atoms with Crippen molar-refractivity contribution >= 4 is 23.2 Å². The van der Waals surface area contributed by atoms with Crippen LogP contribution in [-0.2, 0) is 4.79 Å². The van der Waals surface area contributed by atoms with Gasteiger partial charge in [-0.1, -0.05) is 12.8 Å². The Morgan fingerprint density at radius 2 is 2.00 bits per heavy atom. The third-order valence-corrected chi connectivity index (χ3v) is 6.30. The van der Waals surface area contributed by atoms with E-state index in [9.17, 15) is 18.4 Å². The Hall–Kier alpha value is -3.23. The number of nitrogens with two attached hydrogens (primary N) is 1. The predicted molar refractivity (Wildman–Crippen MR) is 111 cm³/mol. The number of ether oxygens (including phenoxy) is 1. The number of rotatable bonds is 5. The highest BCUT2D eigenvalue weighted by molar-refractivity contribution is 5.99. The van der Waals surface area contributed by atoms with Crippen molar-refractivity contribution in [2.24, 2.45) is 11.1 Å². The van der Waals surface area contributed by atoms with Gasteiger partial charge in [-0.05, 0) is 48.9 Å². The van der Waals surface area contributed by atoms with Gasteiger partial charge in [0.1, 0.15) is 11.7 Å². The molecule has 1 aliphatic heterocycles. The van der Waals surface area contributed by atoms with Gasteiger partial charge in [0, 0.05) is 18.4 Å². The van der Waals surface area contributed by atoms with E-state index < -0.39 is 23.6 Å². The van der Waals surface area contributed by atoms with E-state index in [-0.39, 0.29) is 22.8 Å². The van der Waals surface area contributed by atoms with E-state index >= 15 is 0 Å². The number of hydrogen-bond donors (Lipinski definition) is 2. The van der Waals surface area contributed by atoms with Crippen molar-refractivity contribution in [3.8, 4) is 5.75 Å². The molecule has 7 nitrogen and oxygen atoms in total. The second-order valence-electron chi connectivity index (χ2n) is 8.25. The number of anilines is 2. The first kappa shape index (κ1) is 21.0. The predicted octanol–water partition coefficient (Wildman–Crippen LogP) is 3.25. The number of hydrogen-bond acceptors (Lipinski definition) is 5. The molecule has 1 spiro atoms. The number of primary amides is 1. The molecular weight excluding hydrogens is 406 g/mol. The molecule has 4 rings (SSSR count). The Kier molecular flexibility index (Phi) is 5.51. The molecule has 1 saturated heterocycles. The molecule has 0 unspecified atom stereocenters. The smallest absolute Gasteiger partial charge is 0.267 e. The number of benzene rings is 1. The van der Waals surface area contributed by atoms with Crippen molar-refractivity contribution < 1.29 is 23.1 Å². The molecule has 0 radical (unpaired) electrons. The molecule has 2 fully saturated rings. The zero-order valence-electron chi connectivity index (χ0n) is 17.2. The number of pyridine rings is 1. The Bertz CT molecular complexity index is 1020. The molecule has 1 aromatic carbocycles. The first-order valence-corrected chi connectivity index (χ1v) is 10.2. The molecule has 1 atom stereocenters. The van der Waals surface area contributed by atoms with Gasteiger partial charge in [0.25, 0.3) is 5.91 Å². The van der Waals surface area contributed by atoms with Gasteiger partial charge < -0.3 is 20.7 Å². The Morgan fingerprint density at radius 1 is 1.26 bits per heavy atom. The summed E-state index contributed by atoms with van der Waals surface area (Å²) in [5.74, 6) is -3.31. The van der Waals surface area contributed by atoms with Crippen LogP contribution < -0.4 is 20.7 Å². The number of carbonyl (C=O) groups excluding carboxylic acids is 2. The van der Waals surface area contributed by atoms with Crippen LogP contribution in [0.25, 0.3) is 0 Å². The maximum atomic E-state index is 14.4. The maximum Gasteiger partial charge on any atom is 0.267 e. The highest BCUT2D eigenvalue weighted by Crippen LogP contribution is 2.50. The third-order valence-electron chi connectivity index (χ3n) is 6.30. The molecule has 1 saturated carbocycles. The lowest BCUT2D eigenvalue weighted by Crippen LogP contribution is -2.40. The van der Waals surface area contributed by atoms with Crippen LogP contribution in [0.5, 0.6) is 5.75 Å². The van der Waals surface area contributed by atoms with Gasteiger partial charge in [0.05, 0.1) is 12.8 Å². The molecule has 2 heterocycles. The average molecular weight is 430 g/mol. The first-order chi connectivity index (χ1) is 14.8. The monoisotopic (exact) mass is 430 g/mol. The normalized spacial score (nSPS) is 19.6. The largest absolute Gasteiger partial charge is 0.491 e. The van der Waals surface area contributed by atoms with Crippen molar-refractivity contribution in [3.05, 3.63) is 47.8 Å². The molecule has 0 bridgehead atoms. The van der Waals surface area contributed by atoms with Crippen molar-refractivity contribution in [3.63, 3.8) is 0 Å². The summed E-state index contributed by atoms with van der Waals surface area (Å²) in [5.41, 5.74) is 5.98. The molecule has 1 aromatic heterocycles. The van der Waals surface area contributed by atoms with E-state index in [2.05, 4.69) is 10.3 Å². The summed E-state index contributed by atoms with van der Waals surface area (Å²) in [5, 5.41) is 2.81. The quantitative estimate of drug-likeness (QED) is 0.759. The van der Waals surface area contributed by atoms with Crippen LogP contribution in [0.4, 0.5) is 20.2 Å². The summed E-state index contributed by atoms with van der Waals surface area (Å²) < 4.78 is 33.3. The molecule has 9 heteroatoms. The van der Waals surface area contributed by atoms with E-state index in [0.29, 0.717) is 24.3 Å². The summed E-state index contributed by atoms with van der Waals surface area (Å²) in [4.78, 5) is 30.3. The van der Waals surface area contributed by atoms with Gasteiger partial charge in [0.15, 0.2) is 11.6 Å². The fourth-order valence-corrected chi connectivity index (χ4v) is 4.84. The van der Waals surface area contributed by atoms with Gasteiger partial charge in [-0.25, -0.2) is 4.39 Å². The Balaban J connectivity index is 1.67. The van der Waals surface area contributed by atoms with Crippen molar-refractivity contribution in [1.29, 1.82) is 0 Å². The number of methoxy groups -OCH3 is 1. The SMILES string of the molecule is COc1c(N2CC3(CCCC3)C[C@H]2C(=O)Nc2ccnc(C(N)=O)c2)ccc(F)c1F. The van der Waals surface area contributed by atoms with Crippen LogP contribution in [-0.4, -0.2) is 36.5 Å². The first-order valence-electron chi connectivity index (χ1n) is 10.2. The average Bonchev–Trinajstić information content (AvgIpc) is 3.37. The summed E-state index contributed by atoms with van der Waals surface area (Å²) in [7, 11) is 1.28. The Morgan fingerprint density at radius 3 is 2.68 bits per heavy atom. The molecule has 164 valence electrons. The van der Waals surface area contributed by atoms with Gasteiger partial charge >= 0.3 is 0 Å².